The summed E-state index contributed by atoms with van der Waals surface area (Å²) < 4.78 is 27.0. The first-order valence-corrected chi connectivity index (χ1v) is 20.5. The van der Waals surface area contributed by atoms with E-state index in [0.29, 0.717) is 59.4 Å². The zero-order chi connectivity index (χ0) is 42.5. The first-order chi connectivity index (χ1) is 29.7. The topological polar surface area (TPSA) is 167 Å². The number of pyridine rings is 2. The molecule has 1 N–H and O–H groups in total. The van der Waals surface area contributed by atoms with Crippen LogP contribution in [0, 0.1) is 60.3 Å². The van der Waals surface area contributed by atoms with E-state index in [2.05, 4.69) is 60.0 Å². The van der Waals surface area contributed by atoms with Crippen molar-refractivity contribution in [2.24, 2.45) is 45.7 Å². The molecule has 2 saturated heterocycles. The molecule has 10 rings (SSSR count). The van der Waals surface area contributed by atoms with Crippen molar-refractivity contribution in [2.45, 2.75) is 50.6 Å². The highest BCUT2D eigenvalue weighted by atomic mass is 35.5. The fourth-order valence-electron chi connectivity index (χ4n) is 9.38. The van der Waals surface area contributed by atoms with Gasteiger partial charge in [0.05, 0.1) is 24.5 Å². The van der Waals surface area contributed by atoms with Crippen molar-refractivity contribution < 1.29 is 18.4 Å². The van der Waals surface area contributed by atoms with Crippen molar-refractivity contribution >= 4 is 53.4 Å². The number of fused-ring (bicyclic) bond motifs is 2. The van der Waals surface area contributed by atoms with Crippen LogP contribution in [-0.2, 0) is 9.59 Å². The summed E-state index contributed by atoms with van der Waals surface area (Å²) in [7, 11) is 0. The van der Waals surface area contributed by atoms with Crippen molar-refractivity contribution in [3.05, 3.63) is 112 Å². The standard InChI is InChI=1S/C21H20FN7O.C16H19FN4O.C5H2ClN3/c1-23-19-3-4-25-21(27-19)28-11-15-6-13(7-16(15)12-28)20(30)29-18(2-5-26-29)14-8-17(22)10-24-9-14;17-14-5-13(8-19-9-14)15-1-2-20-21(15)16(22)10-3-11-6-18-7-12(11)4-10;1-7-4-2-3-8-5(6)9-4/h3-5,8-10,13,15-16,18H,2,6-7,11-12H2;2,5,8-12,15,18H,1,3-4,6-7H2;2-3H. The maximum absolute atomic E-state index is 13.6. The molecule has 6 atom stereocenters. The Kier molecular flexibility index (Phi) is 12.5. The van der Waals surface area contributed by atoms with Crippen LogP contribution in [0.3, 0.4) is 0 Å². The van der Waals surface area contributed by atoms with Gasteiger partial charge in [0, 0.05) is 75.0 Å². The van der Waals surface area contributed by atoms with Gasteiger partial charge in [-0.05, 0) is 109 Å². The Balaban J connectivity index is 0.000000144. The van der Waals surface area contributed by atoms with E-state index in [9.17, 15) is 18.4 Å². The molecule has 2 amide bonds. The van der Waals surface area contributed by atoms with Crippen LogP contribution in [0.2, 0.25) is 5.28 Å². The summed E-state index contributed by atoms with van der Waals surface area (Å²) in [6.07, 6.45) is 16.7. The van der Waals surface area contributed by atoms with Crippen LogP contribution in [-0.4, -0.2) is 90.3 Å². The number of rotatable bonds is 5. The van der Waals surface area contributed by atoms with E-state index in [1.54, 1.807) is 42.1 Å². The average Bonchev–Trinajstić information content (AvgIpc) is 4.13. The first-order valence-electron chi connectivity index (χ1n) is 20.1. The molecule has 0 radical (unpaired) electrons. The molecule has 2 aliphatic carbocycles. The van der Waals surface area contributed by atoms with Crippen molar-refractivity contribution in [3.63, 3.8) is 0 Å². The third kappa shape index (κ3) is 9.35. The zero-order valence-corrected chi connectivity index (χ0v) is 33.6. The normalized spacial score (nSPS) is 26.7. The van der Waals surface area contributed by atoms with E-state index in [1.165, 1.54) is 35.6 Å². The Labute approximate surface area is 355 Å². The minimum atomic E-state index is -0.410. The molecule has 0 bridgehead atoms. The molecular weight excluding hydrogens is 806 g/mol. The second-order valence-electron chi connectivity index (χ2n) is 15.9. The van der Waals surface area contributed by atoms with E-state index < -0.39 is 5.82 Å². The summed E-state index contributed by atoms with van der Waals surface area (Å²) >= 11 is 5.36. The highest BCUT2D eigenvalue weighted by Gasteiger charge is 2.47. The van der Waals surface area contributed by atoms with Gasteiger partial charge in [0.1, 0.15) is 11.6 Å². The van der Waals surface area contributed by atoms with Crippen molar-refractivity contribution in [3.8, 4) is 0 Å². The first kappa shape index (κ1) is 41.4. The predicted octanol–water partition coefficient (Wildman–Crippen LogP) is 6.39. The van der Waals surface area contributed by atoms with E-state index in [-0.39, 0.29) is 52.7 Å². The van der Waals surface area contributed by atoms with Gasteiger partial charge in [0.25, 0.3) is 11.6 Å². The number of anilines is 1. The molecule has 4 aromatic rings. The smallest absolute Gasteiger partial charge is 0.322 e. The molecular formula is C42H41ClF2N14O2. The number of hydrazone groups is 2. The Hall–Kier alpha value is -6.37. The molecule has 4 aromatic heterocycles. The lowest BCUT2D eigenvalue weighted by atomic mass is 10.0. The van der Waals surface area contributed by atoms with E-state index in [1.807, 2.05) is 0 Å². The summed E-state index contributed by atoms with van der Waals surface area (Å²) in [5.74, 6) is 2.49. The summed E-state index contributed by atoms with van der Waals surface area (Å²) in [5, 5.41) is 15.1. The van der Waals surface area contributed by atoms with Crippen molar-refractivity contribution in [2.75, 3.05) is 31.1 Å². The van der Waals surface area contributed by atoms with Crippen LogP contribution in [0.1, 0.15) is 61.7 Å². The van der Waals surface area contributed by atoms with Gasteiger partial charge >= 0.3 is 11.2 Å². The lowest BCUT2D eigenvalue weighted by Crippen LogP contribution is -2.33. The summed E-state index contributed by atoms with van der Waals surface area (Å²) in [6, 6.07) is 5.46. The number of hydrogen-bond acceptors (Lipinski definition) is 12. The lowest BCUT2D eigenvalue weighted by Gasteiger charge is -2.25. The maximum Gasteiger partial charge on any atom is 0.322 e. The number of carbonyl (C=O) groups excluding carboxylic acids is 2. The van der Waals surface area contributed by atoms with Crippen LogP contribution < -0.4 is 10.2 Å². The molecule has 312 valence electrons. The predicted molar refractivity (Wildman–Crippen MR) is 220 cm³/mol. The second kappa shape index (κ2) is 18.5. The van der Waals surface area contributed by atoms with Gasteiger partial charge < -0.3 is 19.9 Å². The zero-order valence-electron chi connectivity index (χ0n) is 32.9. The third-order valence-electron chi connectivity index (χ3n) is 12.2. The van der Waals surface area contributed by atoms with E-state index in [4.69, 9.17) is 24.7 Å². The molecule has 2 saturated carbocycles. The largest absolute Gasteiger partial charge is 0.360 e. The number of aromatic nitrogens is 6. The number of hydrogen-bond donors (Lipinski definition) is 1. The highest BCUT2D eigenvalue weighted by Crippen LogP contribution is 2.45. The fourth-order valence-corrected chi connectivity index (χ4v) is 9.52. The van der Waals surface area contributed by atoms with Crippen molar-refractivity contribution in [1.29, 1.82) is 0 Å². The molecule has 8 heterocycles. The molecule has 0 aromatic carbocycles. The number of nitrogens with one attached hydrogen (secondary N) is 1. The minimum Gasteiger partial charge on any atom is -0.360 e. The molecule has 0 spiro atoms. The minimum absolute atomic E-state index is 0.00483. The van der Waals surface area contributed by atoms with Crippen LogP contribution in [0.4, 0.5) is 26.4 Å². The monoisotopic (exact) mass is 846 g/mol. The van der Waals surface area contributed by atoms with Gasteiger partial charge in [-0.25, -0.2) is 28.8 Å². The lowest BCUT2D eigenvalue weighted by molar-refractivity contribution is -0.138. The molecule has 61 heavy (non-hydrogen) atoms. The highest BCUT2D eigenvalue weighted by molar-refractivity contribution is 6.28. The Morgan fingerprint density at radius 3 is 1.67 bits per heavy atom. The van der Waals surface area contributed by atoms with Gasteiger partial charge in [0.2, 0.25) is 11.8 Å². The second-order valence-corrected chi connectivity index (χ2v) is 16.2. The SMILES string of the molecule is O=C(C1CC2CNCC2C1)N1N=CCC1c1cncc(F)c1.[C-]#[N+]c1ccnc(Cl)n1.[C-]#[N+]c1ccnc(N2CC3CC(C(=O)N4N=CCC4c4cncc(F)c4)CC3C2)n1. The quantitative estimate of drug-likeness (QED) is 0.176. The van der Waals surface area contributed by atoms with Gasteiger partial charge in [-0.15, -0.1) is 0 Å². The van der Waals surface area contributed by atoms with E-state index >= 15 is 0 Å². The number of nitrogens with zero attached hydrogens (tertiary/aromatic N) is 13. The number of carbonyl (C=O) groups is 2. The molecule has 4 aliphatic heterocycles. The van der Waals surface area contributed by atoms with Gasteiger partial charge in [-0.1, -0.05) is 23.1 Å². The maximum atomic E-state index is 13.6. The molecule has 4 fully saturated rings. The molecule has 19 heteroatoms. The molecule has 16 nitrogen and oxygen atoms in total. The Morgan fingerprint density at radius 1 is 0.705 bits per heavy atom. The van der Waals surface area contributed by atoms with Gasteiger partial charge in [-0.3, -0.25) is 19.6 Å². The molecule has 6 unspecified atom stereocenters. The summed E-state index contributed by atoms with van der Waals surface area (Å²) in [4.78, 5) is 58.2. The van der Waals surface area contributed by atoms with Crippen LogP contribution in [0.25, 0.3) is 9.69 Å². The number of halogens is 3. The summed E-state index contributed by atoms with van der Waals surface area (Å²) in [5.41, 5.74) is 1.38. The Bertz CT molecular complexity index is 2380. The van der Waals surface area contributed by atoms with Gasteiger partial charge in [0.15, 0.2) is 0 Å². The third-order valence-corrected chi connectivity index (χ3v) is 12.4. The fraction of sp³-hybridized carbons (Fsp3) is 0.429. The van der Waals surface area contributed by atoms with Crippen molar-refractivity contribution in [1.82, 2.24) is 45.2 Å². The van der Waals surface area contributed by atoms with Crippen LogP contribution in [0.5, 0.6) is 0 Å². The van der Waals surface area contributed by atoms with E-state index in [0.717, 1.165) is 58.1 Å². The average molecular weight is 847 g/mol. The van der Waals surface area contributed by atoms with Gasteiger partial charge in [-0.2, -0.15) is 10.2 Å². The number of amides is 2. The Morgan fingerprint density at radius 2 is 1.20 bits per heavy atom. The van der Waals surface area contributed by atoms with Crippen LogP contribution in [0.15, 0.2) is 71.6 Å². The summed E-state index contributed by atoms with van der Waals surface area (Å²) in [6.45, 7) is 17.3. The van der Waals surface area contributed by atoms with Crippen LogP contribution >= 0.6 is 11.6 Å². The molecule has 6 aliphatic rings.